The summed E-state index contributed by atoms with van der Waals surface area (Å²) in [6.07, 6.45) is 1.37. The molecule has 1 N–H and O–H groups in total. The summed E-state index contributed by atoms with van der Waals surface area (Å²) in [5.74, 6) is -1.16. The zero-order valence-corrected chi connectivity index (χ0v) is 10.2. The number of halogens is 1. The van der Waals surface area contributed by atoms with Gasteiger partial charge in [-0.05, 0) is 17.7 Å². The lowest BCUT2D eigenvalue weighted by atomic mass is 10.0. The lowest BCUT2D eigenvalue weighted by molar-refractivity contribution is 0.0693. The highest BCUT2D eigenvalue weighted by Gasteiger charge is 2.19. The van der Waals surface area contributed by atoms with Gasteiger partial charge >= 0.3 is 5.97 Å². The highest BCUT2D eigenvalue weighted by molar-refractivity contribution is 6.30. The maximum Gasteiger partial charge on any atom is 0.341 e. The second-order valence-corrected chi connectivity index (χ2v) is 3.89. The molecule has 5 nitrogen and oxygen atoms in total. The van der Waals surface area contributed by atoms with Gasteiger partial charge in [0, 0.05) is 10.6 Å². The molecule has 0 unspecified atom stereocenters. The molecule has 0 bridgehead atoms. The molecule has 0 amide bonds. The van der Waals surface area contributed by atoms with Crippen LogP contribution in [0.5, 0.6) is 5.88 Å². The van der Waals surface area contributed by atoms with Gasteiger partial charge in [0.25, 0.3) is 0 Å². The van der Waals surface area contributed by atoms with E-state index in [1.807, 2.05) is 0 Å². The second kappa shape index (κ2) is 5.01. The number of benzene rings is 1. The van der Waals surface area contributed by atoms with E-state index in [4.69, 9.17) is 16.3 Å². The molecule has 1 aromatic carbocycles. The van der Waals surface area contributed by atoms with Crippen LogP contribution in [0.2, 0.25) is 5.02 Å². The molecule has 92 valence electrons. The van der Waals surface area contributed by atoms with Crippen LogP contribution < -0.4 is 4.74 Å². The van der Waals surface area contributed by atoms with Crippen LogP contribution in [0.15, 0.2) is 30.5 Å². The molecule has 0 saturated carbocycles. The van der Waals surface area contributed by atoms with Gasteiger partial charge in [-0.15, -0.1) is 5.10 Å². The van der Waals surface area contributed by atoms with E-state index in [-0.39, 0.29) is 11.4 Å². The Kier molecular flexibility index (Phi) is 3.43. The number of carboxylic acids is 1. The number of aromatic nitrogens is 2. The second-order valence-electron chi connectivity index (χ2n) is 3.46. The average molecular weight is 265 g/mol. The number of nitrogens with zero attached hydrogens (tertiary/aromatic N) is 2. The van der Waals surface area contributed by atoms with Crippen molar-refractivity contribution >= 4 is 17.6 Å². The number of carbonyl (C=O) groups is 1. The van der Waals surface area contributed by atoms with Gasteiger partial charge in [-0.2, -0.15) is 5.10 Å². The number of hydrogen-bond acceptors (Lipinski definition) is 4. The van der Waals surface area contributed by atoms with Crippen LogP contribution >= 0.6 is 11.6 Å². The highest BCUT2D eigenvalue weighted by atomic mass is 35.5. The Morgan fingerprint density at radius 3 is 2.83 bits per heavy atom. The van der Waals surface area contributed by atoms with E-state index < -0.39 is 5.97 Å². The number of rotatable bonds is 3. The molecule has 18 heavy (non-hydrogen) atoms. The predicted octanol–water partition coefficient (Wildman–Crippen LogP) is 2.50. The van der Waals surface area contributed by atoms with Crippen molar-refractivity contribution in [2.75, 3.05) is 7.11 Å². The molecule has 0 aliphatic rings. The van der Waals surface area contributed by atoms with Gasteiger partial charge < -0.3 is 9.84 Å². The molecule has 2 rings (SSSR count). The van der Waals surface area contributed by atoms with Gasteiger partial charge in [0.1, 0.15) is 5.56 Å². The van der Waals surface area contributed by atoms with Crippen LogP contribution in [-0.2, 0) is 0 Å². The number of carboxylic acid groups (broad SMARTS) is 1. The van der Waals surface area contributed by atoms with Gasteiger partial charge in [0.15, 0.2) is 0 Å². The first kappa shape index (κ1) is 12.3. The summed E-state index contributed by atoms with van der Waals surface area (Å²) in [5.41, 5.74) is 1.03. The standard InChI is InChI=1S/C12H9ClN2O3/c1-18-11-10(12(16)17)9(6-14-15-11)7-3-2-4-8(13)5-7/h2-6H,1H3,(H,16,17). The van der Waals surface area contributed by atoms with Crippen LogP contribution in [0.1, 0.15) is 10.4 Å². The smallest absolute Gasteiger partial charge is 0.341 e. The fourth-order valence-corrected chi connectivity index (χ4v) is 1.78. The monoisotopic (exact) mass is 264 g/mol. The number of methoxy groups -OCH3 is 1. The van der Waals surface area contributed by atoms with Crippen molar-refractivity contribution in [3.05, 3.63) is 41.0 Å². The maximum absolute atomic E-state index is 11.3. The Morgan fingerprint density at radius 2 is 2.22 bits per heavy atom. The molecule has 1 aromatic heterocycles. The van der Waals surface area contributed by atoms with Crippen LogP contribution in [-0.4, -0.2) is 28.4 Å². The van der Waals surface area contributed by atoms with E-state index in [0.717, 1.165) is 0 Å². The molecular formula is C12H9ClN2O3. The maximum atomic E-state index is 11.3. The van der Waals surface area contributed by atoms with Crippen molar-refractivity contribution in [3.63, 3.8) is 0 Å². The third-order valence-electron chi connectivity index (χ3n) is 2.36. The number of ether oxygens (including phenoxy) is 1. The van der Waals surface area contributed by atoms with Crippen molar-refractivity contribution in [3.8, 4) is 17.0 Å². The largest absolute Gasteiger partial charge is 0.479 e. The first-order valence-electron chi connectivity index (χ1n) is 5.02. The zero-order valence-electron chi connectivity index (χ0n) is 9.42. The molecule has 2 aromatic rings. The van der Waals surface area contributed by atoms with Crippen LogP contribution in [0.25, 0.3) is 11.1 Å². The van der Waals surface area contributed by atoms with Gasteiger partial charge in [0.2, 0.25) is 5.88 Å². The van der Waals surface area contributed by atoms with E-state index in [1.165, 1.54) is 13.3 Å². The zero-order chi connectivity index (χ0) is 13.1. The molecular weight excluding hydrogens is 256 g/mol. The Labute approximate surface area is 108 Å². The Bertz CT molecular complexity index is 602. The van der Waals surface area contributed by atoms with Crippen LogP contribution in [0.3, 0.4) is 0 Å². The Hall–Kier alpha value is -2.14. The molecule has 0 spiro atoms. The normalized spacial score (nSPS) is 10.1. The topological polar surface area (TPSA) is 72.3 Å². The number of aromatic carboxylic acids is 1. The first-order valence-corrected chi connectivity index (χ1v) is 5.40. The minimum Gasteiger partial charge on any atom is -0.479 e. The lowest BCUT2D eigenvalue weighted by Crippen LogP contribution is -2.06. The van der Waals surface area contributed by atoms with E-state index in [1.54, 1.807) is 24.3 Å². The molecule has 6 heteroatoms. The van der Waals surface area contributed by atoms with Crippen LogP contribution in [0, 0.1) is 0 Å². The van der Waals surface area contributed by atoms with Crippen molar-refractivity contribution in [2.24, 2.45) is 0 Å². The van der Waals surface area contributed by atoms with Gasteiger partial charge in [-0.1, -0.05) is 23.7 Å². The molecule has 1 heterocycles. The van der Waals surface area contributed by atoms with Gasteiger partial charge in [-0.3, -0.25) is 0 Å². The minimum atomic E-state index is -1.13. The molecule has 0 atom stereocenters. The van der Waals surface area contributed by atoms with Gasteiger partial charge in [0.05, 0.1) is 13.3 Å². The summed E-state index contributed by atoms with van der Waals surface area (Å²) in [5, 5.41) is 17.1. The van der Waals surface area contributed by atoms with Crippen molar-refractivity contribution in [2.45, 2.75) is 0 Å². The molecule has 0 aliphatic heterocycles. The molecule has 0 radical (unpaired) electrons. The predicted molar refractivity (Wildman–Crippen MR) is 66.0 cm³/mol. The summed E-state index contributed by atoms with van der Waals surface area (Å²) in [6, 6.07) is 6.84. The summed E-state index contributed by atoms with van der Waals surface area (Å²) in [7, 11) is 1.35. The molecule has 0 aliphatic carbocycles. The third-order valence-corrected chi connectivity index (χ3v) is 2.60. The van der Waals surface area contributed by atoms with Crippen molar-refractivity contribution in [1.82, 2.24) is 10.2 Å². The van der Waals surface area contributed by atoms with E-state index in [0.29, 0.717) is 16.1 Å². The first-order chi connectivity index (χ1) is 8.63. The highest BCUT2D eigenvalue weighted by Crippen LogP contribution is 2.29. The van der Waals surface area contributed by atoms with Gasteiger partial charge in [-0.25, -0.2) is 4.79 Å². The van der Waals surface area contributed by atoms with Crippen molar-refractivity contribution < 1.29 is 14.6 Å². The summed E-state index contributed by atoms with van der Waals surface area (Å²) in [6.45, 7) is 0. The summed E-state index contributed by atoms with van der Waals surface area (Å²) >= 11 is 5.89. The van der Waals surface area contributed by atoms with Crippen molar-refractivity contribution in [1.29, 1.82) is 0 Å². The van der Waals surface area contributed by atoms with E-state index in [9.17, 15) is 9.90 Å². The average Bonchev–Trinajstić information content (AvgIpc) is 2.37. The fraction of sp³-hybridized carbons (Fsp3) is 0.0833. The summed E-state index contributed by atoms with van der Waals surface area (Å²) in [4.78, 5) is 11.3. The van der Waals surface area contributed by atoms with Crippen LogP contribution in [0.4, 0.5) is 0 Å². The molecule has 0 fully saturated rings. The van der Waals surface area contributed by atoms with E-state index in [2.05, 4.69) is 10.2 Å². The Balaban J connectivity index is 2.67. The SMILES string of the molecule is COc1nncc(-c2cccc(Cl)c2)c1C(=O)O. The molecule has 0 saturated heterocycles. The third kappa shape index (κ3) is 2.26. The lowest BCUT2D eigenvalue weighted by Gasteiger charge is -2.08. The summed E-state index contributed by atoms with van der Waals surface area (Å²) < 4.78 is 4.91. The fourth-order valence-electron chi connectivity index (χ4n) is 1.59. The van der Waals surface area contributed by atoms with E-state index >= 15 is 0 Å². The minimum absolute atomic E-state index is 0.0278. The quantitative estimate of drug-likeness (QED) is 0.922. The number of hydrogen-bond donors (Lipinski definition) is 1. The Morgan fingerprint density at radius 1 is 1.44 bits per heavy atom.